The van der Waals surface area contributed by atoms with E-state index in [9.17, 15) is 4.79 Å². The molecule has 1 aliphatic rings. The van der Waals surface area contributed by atoms with Gasteiger partial charge in [0.1, 0.15) is 0 Å². The van der Waals surface area contributed by atoms with Gasteiger partial charge in [-0.15, -0.1) is 0 Å². The summed E-state index contributed by atoms with van der Waals surface area (Å²) in [5, 5.41) is 0. The van der Waals surface area contributed by atoms with Crippen LogP contribution in [-0.4, -0.2) is 30.8 Å². The van der Waals surface area contributed by atoms with Crippen molar-refractivity contribution in [3.63, 3.8) is 0 Å². The molecule has 1 saturated carbocycles. The molecular formula is C16H23NO. The minimum absolute atomic E-state index is 0.243. The Kier molecular flexibility index (Phi) is 3.86. The quantitative estimate of drug-likeness (QED) is 0.743. The normalized spacial score (nSPS) is 22.3. The number of hydrogen-bond donors (Lipinski definition) is 0. The molecule has 2 unspecified atom stereocenters. The number of likely N-dealkylation sites (N-methyl/N-ethyl adjacent to an activating group) is 1. The molecule has 2 rings (SSSR count). The molecule has 1 aromatic rings. The molecule has 0 radical (unpaired) electrons. The predicted octanol–water partition coefficient (Wildman–Crippen LogP) is 3.07. The first-order valence-electron chi connectivity index (χ1n) is 6.76. The summed E-state index contributed by atoms with van der Waals surface area (Å²) >= 11 is 0. The average molecular weight is 245 g/mol. The fraction of sp³-hybridized carbons (Fsp3) is 0.562. The molecule has 0 amide bonds. The molecule has 18 heavy (non-hydrogen) atoms. The molecule has 0 bridgehead atoms. The van der Waals surface area contributed by atoms with Gasteiger partial charge in [0.25, 0.3) is 0 Å². The summed E-state index contributed by atoms with van der Waals surface area (Å²) in [4.78, 5) is 14.4. The first kappa shape index (κ1) is 13.3. The number of carbonyl (C=O) groups excluding carboxylic acids is 1. The van der Waals surface area contributed by atoms with E-state index in [-0.39, 0.29) is 5.78 Å². The summed E-state index contributed by atoms with van der Waals surface area (Å²) < 4.78 is 0. The monoisotopic (exact) mass is 245 g/mol. The van der Waals surface area contributed by atoms with Gasteiger partial charge in [0.15, 0.2) is 5.78 Å². The van der Waals surface area contributed by atoms with E-state index in [4.69, 9.17) is 0 Å². The van der Waals surface area contributed by atoms with Gasteiger partial charge < -0.3 is 0 Å². The Morgan fingerprint density at radius 3 is 2.67 bits per heavy atom. The molecule has 0 aliphatic heterocycles. The zero-order valence-electron chi connectivity index (χ0n) is 11.9. The standard InChI is InChI=1S/C16H23NO/c1-11-5-6-12(2)15(7-11)16(18)10-17(4)9-14-8-13(14)3/h5-7,13-14H,8-10H2,1-4H3. The van der Waals surface area contributed by atoms with Gasteiger partial charge in [-0.25, -0.2) is 0 Å². The Bertz CT molecular complexity index is 452. The van der Waals surface area contributed by atoms with Gasteiger partial charge in [0.05, 0.1) is 6.54 Å². The highest BCUT2D eigenvalue weighted by Gasteiger charge is 2.33. The van der Waals surface area contributed by atoms with Crippen molar-refractivity contribution in [1.82, 2.24) is 4.90 Å². The lowest BCUT2D eigenvalue weighted by Crippen LogP contribution is -2.28. The van der Waals surface area contributed by atoms with Gasteiger partial charge in [-0.2, -0.15) is 0 Å². The highest BCUT2D eigenvalue weighted by molar-refractivity contribution is 5.99. The third-order valence-corrected chi connectivity index (χ3v) is 3.93. The minimum Gasteiger partial charge on any atom is -0.299 e. The lowest BCUT2D eigenvalue weighted by atomic mass is 10.0. The van der Waals surface area contributed by atoms with Crippen LogP contribution < -0.4 is 0 Å². The van der Waals surface area contributed by atoms with Gasteiger partial charge in [0.2, 0.25) is 0 Å². The molecule has 0 N–H and O–H groups in total. The Morgan fingerprint density at radius 1 is 1.39 bits per heavy atom. The number of carbonyl (C=O) groups is 1. The lowest BCUT2D eigenvalue weighted by molar-refractivity contribution is 0.0942. The summed E-state index contributed by atoms with van der Waals surface area (Å²) in [6.45, 7) is 7.91. The SMILES string of the molecule is Cc1ccc(C)c(C(=O)CN(C)CC2CC2C)c1. The van der Waals surface area contributed by atoms with Crippen molar-refractivity contribution in [1.29, 1.82) is 0 Å². The van der Waals surface area contributed by atoms with Crippen LogP contribution in [-0.2, 0) is 0 Å². The van der Waals surface area contributed by atoms with Crippen molar-refractivity contribution in [2.45, 2.75) is 27.2 Å². The number of ketones is 1. The molecule has 2 atom stereocenters. The Balaban J connectivity index is 1.96. The van der Waals surface area contributed by atoms with Crippen LogP contribution in [0.2, 0.25) is 0 Å². The smallest absolute Gasteiger partial charge is 0.177 e. The Hall–Kier alpha value is -1.15. The van der Waals surface area contributed by atoms with E-state index < -0.39 is 0 Å². The van der Waals surface area contributed by atoms with Gasteiger partial charge in [-0.05, 0) is 50.8 Å². The fourth-order valence-electron chi connectivity index (χ4n) is 2.48. The second kappa shape index (κ2) is 5.23. The van der Waals surface area contributed by atoms with Crippen molar-refractivity contribution >= 4 is 5.78 Å². The van der Waals surface area contributed by atoms with E-state index in [1.54, 1.807) is 0 Å². The maximum atomic E-state index is 12.3. The summed E-state index contributed by atoms with van der Waals surface area (Å²) in [6, 6.07) is 6.10. The van der Waals surface area contributed by atoms with Crippen molar-refractivity contribution in [3.05, 3.63) is 34.9 Å². The van der Waals surface area contributed by atoms with Crippen LogP contribution >= 0.6 is 0 Å². The van der Waals surface area contributed by atoms with Crippen LogP contribution in [0.4, 0.5) is 0 Å². The summed E-state index contributed by atoms with van der Waals surface area (Å²) in [6.07, 6.45) is 1.32. The number of hydrogen-bond acceptors (Lipinski definition) is 2. The second-order valence-corrected chi connectivity index (χ2v) is 5.91. The summed E-state index contributed by atoms with van der Waals surface area (Å²) in [5.41, 5.74) is 3.12. The molecule has 1 aromatic carbocycles. The van der Waals surface area contributed by atoms with E-state index in [0.29, 0.717) is 6.54 Å². The zero-order chi connectivity index (χ0) is 13.3. The van der Waals surface area contributed by atoms with E-state index in [2.05, 4.69) is 17.9 Å². The predicted molar refractivity (Wildman–Crippen MR) is 75.0 cm³/mol. The van der Waals surface area contributed by atoms with E-state index in [0.717, 1.165) is 35.1 Å². The van der Waals surface area contributed by atoms with Crippen LogP contribution in [0.5, 0.6) is 0 Å². The molecule has 2 nitrogen and oxygen atoms in total. The van der Waals surface area contributed by atoms with Gasteiger partial charge in [-0.3, -0.25) is 9.69 Å². The molecule has 1 aliphatic carbocycles. The molecule has 0 heterocycles. The first-order valence-corrected chi connectivity index (χ1v) is 6.76. The maximum Gasteiger partial charge on any atom is 0.177 e. The number of Topliss-reactive ketones (excluding diaryl/α,β-unsaturated/α-hetero) is 1. The fourth-order valence-corrected chi connectivity index (χ4v) is 2.48. The largest absolute Gasteiger partial charge is 0.299 e. The Labute approximate surface area is 110 Å². The van der Waals surface area contributed by atoms with Crippen LogP contribution in [0.25, 0.3) is 0 Å². The minimum atomic E-state index is 0.243. The van der Waals surface area contributed by atoms with Crippen LogP contribution in [0.15, 0.2) is 18.2 Å². The molecule has 0 aromatic heterocycles. The highest BCUT2D eigenvalue weighted by atomic mass is 16.1. The molecule has 0 saturated heterocycles. The van der Waals surface area contributed by atoms with Gasteiger partial charge in [-0.1, -0.05) is 24.6 Å². The highest BCUT2D eigenvalue weighted by Crippen LogP contribution is 2.37. The molecule has 0 spiro atoms. The molecule has 98 valence electrons. The van der Waals surface area contributed by atoms with E-state index in [1.165, 1.54) is 6.42 Å². The maximum absolute atomic E-state index is 12.3. The van der Waals surface area contributed by atoms with Crippen LogP contribution in [0, 0.1) is 25.7 Å². The third-order valence-electron chi connectivity index (χ3n) is 3.93. The van der Waals surface area contributed by atoms with Crippen molar-refractivity contribution in [3.8, 4) is 0 Å². The zero-order valence-corrected chi connectivity index (χ0v) is 11.9. The van der Waals surface area contributed by atoms with Crippen molar-refractivity contribution in [2.75, 3.05) is 20.1 Å². The van der Waals surface area contributed by atoms with Gasteiger partial charge in [0, 0.05) is 12.1 Å². The molecule has 1 fully saturated rings. The van der Waals surface area contributed by atoms with Crippen molar-refractivity contribution < 1.29 is 4.79 Å². The number of nitrogens with zero attached hydrogens (tertiary/aromatic N) is 1. The summed E-state index contributed by atoms with van der Waals surface area (Å²) in [5.74, 6) is 1.90. The average Bonchev–Trinajstić information content (AvgIpc) is 2.97. The van der Waals surface area contributed by atoms with Gasteiger partial charge >= 0.3 is 0 Å². The number of benzene rings is 1. The topological polar surface area (TPSA) is 20.3 Å². The van der Waals surface area contributed by atoms with Crippen LogP contribution in [0.1, 0.15) is 34.8 Å². The molecule has 2 heteroatoms. The van der Waals surface area contributed by atoms with Crippen molar-refractivity contribution in [2.24, 2.45) is 11.8 Å². The third kappa shape index (κ3) is 3.20. The Morgan fingerprint density at radius 2 is 2.06 bits per heavy atom. The van der Waals surface area contributed by atoms with E-state index in [1.807, 2.05) is 33.0 Å². The number of rotatable bonds is 5. The number of aryl methyl sites for hydroxylation is 2. The second-order valence-electron chi connectivity index (χ2n) is 5.91. The van der Waals surface area contributed by atoms with Crippen LogP contribution in [0.3, 0.4) is 0 Å². The summed E-state index contributed by atoms with van der Waals surface area (Å²) in [7, 11) is 2.05. The van der Waals surface area contributed by atoms with E-state index >= 15 is 0 Å². The lowest BCUT2D eigenvalue weighted by Gasteiger charge is -2.16. The molecular weight excluding hydrogens is 222 g/mol. The first-order chi connectivity index (χ1) is 8.47.